The minimum absolute atomic E-state index is 0. The number of rotatable bonds is 1. The molecule has 0 fully saturated rings. The summed E-state index contributed by atoms with van der Waals surface area (Å²) in [7, 11) is -3.76. The van der Waals surface area contributed by atoms with Gasteiger partial charge in [0.05, 0.1) is 4.90 Å². The summed E-state index contributed by atoms with van der Waals surface area (Å²) >= 11 is 0. The monoisotopic (exact) mass is 210 g/mol. The quantitative estimate of drug-likeness (QED) is 0.363. The molecule has 0 saturated carbocycles. The zero-order valence-corrected chi connectivity index (χ0v) is 9.84. The van der Waals surface area contributed by atoms with E-state index in [9.17, 15) is 13.5 Å². The van der Waals surface area contributed by atoms with Gasteiger partial charge >= 0.3 is 29.6 Å². The number of anilines is 1. The van der Waals surface area contributed by atoms with Crippen molar-refractivity contribution < 1.29 is 43.1 Å². The summed E-state index contributed by atoms with van der Waals surface area (Å²) in [6.07, 6.45) is 0. The van der Waals surface area contributed by atoms with E-state index in [0.717, 1.165) is 18.2 Å². The molecule has 0 unspecified atom stereocenters. The molecule has 0 aliphatic rings. The van der Waals surface area contributed by atoms with Crippen molar-refractivity contribution in [3.63, 3.8) is 0 Å². The van der Waals surface area contributed by atoms with Crippen LogP contribution in [0.2, 0.25) is 0 Å². The molecule has 0 spiro atoms. The predicted molar refractivity (Wildman–Crippen MR) is 41.7 cm³/mol. The maximum atomic E-state index is 10.7. The first-order valence-electron chi connectivity index (χ1n) is 3.00. The van der Waals surface area contributed by atoms with E-state index in [4.69, 9.17) is 10.9 Å². The molecule has 13 heavy (non-hydrogen) atoms. The zero-order chi connectivity index (χ0) is 9.35. The van der Waals surface area contributed by atoms with Gasteiger partial charge in [0.2, 0.25) is 10.0 Å². The molecule has 7 heteroatoms. The van der Waals surface area contributed by atoms with E-state index < -0.39 is 15.8 Å². The molecule has 0 aliphatic carbocycles. The third-order valence-corrected chi connectivity index (χ3v) is 2.22. The van der Waals surface area contributed by atoms with Gasteiger partial charge in [-0.2, -0.15) is 0 Å². The summed E-state index contributed by atoms with van der Waals surface area (Å²) in [6, 6.07) is 3.22. The zero-order valence-electron chi connectivity index (χ0n) is 7.02. The summed E-state index contributed by atoms with van der Waals surface area (Å²) < 4.78 is 21.4. The maximum Gasteiger partial charge on any atom is 1.00 e. The molecule has 0 atom stereocenters. The van der Waals surface area contributed by atoms with Crippen LogP contribution in [0.1, 0.15) is 0 Å². The van der Waals surface area contributed by atoms with Crippen molar-refractivity contribution in [3.05, 3.63) is 18.2 Å². The summed E-state index contributed by atoms with van der Waals surface area (Å²) in [6.45, 7) is 0. The fraction of sp³-hybridized carbons (Fsp3) is 0. The number of nitrogen functional groups attached to an aromatic ring is 1. The molecular formula is C6H7N2NaO3S. The van der Waals surface area contributed by atoms with Crippen molar-refractivity contribution in [2.45, 2.75) is 4.90 Å². The van der Waals surface area contributed by atoms with Crippen LogP contribution >= 0.6 is 0 Å². The first-order chi connectivity index (χ1) is 5.41. The SMILES string of the molecule is Nc1cc(S(N)(=O)=O)ccc1[O-].[Na+]. The van der Waals surface area contributed by atoms with Gasteiger partial charge in [-0.1, -0.05) is 11.8 Å². The number of sulfonamides is 1. The van der Waals surface area contributed by atoms with Crippen LogP contribution < -0.4 is 45.5 Å². The van der Waals surface area contributed by atoms with E-state index in [1.807, 2.05) is 0 Å². The van der Waals surface area contributed by atoms with E-state index in [0.29, 0.717) is 0 Å². The predicted octanol–water partition coefficient (Wildman–Crippen LogP) is -4.01. The molecule has 0 aliphatic heterocycles. The Morgan fingerprint density at radius 2 is 1.85 bits per heavy atom. The second-order valence-electron chi connectivity index (χ2n) is 2.24. The Bertz CT molecular complexity index is 404. The molecule has 1 rings (SSSR count). The van der Waals surface area contributed by atoms with Gasteiger partial charge in [-0.05, 0) is 12.1 Å². The summed E-state index contributed by atoms with van der Waals surface area (Å²) in [5.74, 6) is -0.414. The molecule has 4 N–H and O–H groups in total. The average molecular weight is 210 g/mol. The molecule has 0 amide bonds. The molecule has 1 aromatic rings. The fourth-order valence-corrected chi connectivity index (χ4v) is 1.25. The normalized spacial score (nSPS) is 10.5. The van der Waals surface area contributed by atoms with Crippen molar-refractivity contribution in [1.82, 2.24) is 0 Å². The van der Waals surface area contributed by atoms with Gasteiger partial charge in [-0.15, -0.1) is 0 Å². The van der Waals surface area contributed by atoms with Crippen LogP contribution in [0.25, 0.3) is 0 Å². The van der Waals surface area contributed by atoms with Crippen LogP contribution in [0.4, 0.5) is 5.69 Å². The van der Waals surface area contributed by atoms with E-state index >= 15 is 0 Å². The Balaban J connectivity index is 0.00000144. The third-order valence-electron chi connectivity index (χ3n) is 1.31. The number of benzene rings is 1. The van der Waals surface area contributed by atoms with Crippen molar-refractivity contribution in [2.24, 2.45) is 5.14 Å². The second-order valence-corrected chi connectivity index (χ2v) is 3.81. The number of hydrogen-bond acceptors (Lipinski definition) is 4. The molecular weight excluding hydrogens is 203 g/mol. The van der Waals surface area contributed by atoms with Crippen LogP contribution in [0.5, 0.6) is 5.75 Å². The van der Waals surface area contributed by atoms with Crippen LogP contribution in [-0.4, -0.2) is 8.42 Å². The molecule has 0 radical (unpaired) electrons. The number of primary sulfonamides is 1. The summed E-state index contributed by atoms with van der Waals surface area (Å²) in [5, 5.41) is 15.5. The Morgan fingerprint density at radius 1 is 1.31 bits per heavy atom. The molecule has 66 valence electrons. The summed E-state index contributed by atoms with van der Waals surface area (Å²) in [4.78, 5) is -0.153. The Kier molecular flexibility index (Phi) is 4.21. The van der Waals surface area contributed by atoms with Crippen molar-refractivity contribution in [3.8, 4) is 5.75 Å². The largest absolute Gasteiger partial charge is 1.00 e. The minimum atomic E-state index is -3.76. The van der Waals surface area contributed by atoms with Crippen molar-refractivity contribution >= 4 is 15.7 Å². The minimum Gasteiger partial charge on any atom is -0.871 e. The van der Waals surface area contributed by atoms with Gasteiger partial charge in [0.25, 0.3) is 0 Å². The van der Waals surface area contributed by atoms with Gasteiger partial charge in [0, 0.05) is 5.69 Å². The van der Waals surface area contributed by atoms with Gasteiger partial charge < -0.3 is 10.8 Å². The van der Waals surface area contributed by atoms with E-state index in [-0.39, 0.29) is 40.1 Å². The second kappa shape index (κ2) is 4.30. The van der Waals surface area contributed by atoms with Crippen LogP contribution in [0.15, 0.2) is 23.1 Å². The van der Waals surface area contributed by atoms with E-state index in [1.165, 1.54) is 0 Å². The standard InChI is InChI=1S/C6H8N2O3S.Na/c7-5-3-4(12(8,10)11)1-2-6(5)9;/h1-3,9H,7H2,(H2,8,10,11);/q;+1/p-1. The molecule has 0 aromatic heterocycles. The van der Waals surface area contributed by atoms with Crippen LogP contribution in [-0.2, 0) is 10.0 Å². The average Bonchev–Trinajstić information content (AvgIpc) is 1.92. The topological polar surface area (TPSA) is 109 Å². The third kappa shape index (κ3) is 3.17. The van der Waals surface area contributed by atoms with Gasteiger partial charge in [0.1, 0.15) is 0 Å². The van der Waals surface area contributed by atoms with Gasteiger partial charge in [-0.25, -0.2) is 13.6 Å². The fourth-order valence-electron chi connectivity index (χ4n) is 0.704. The number of nitrogens with two attached hydrogens (primary N) is 2. The number of hydrogen-bond donors (Lipinski definition) is 2. The van der Waals surface area contributed by atoms with E-state index in [2.05, 4.69) is 0 Å². The molecule has 5 nitrogen and oxygen atoms in total. The van der Waals surface area contributed by atoms with Crippen LogP contribution in [0.3, 0.4) is 0 Å². The first kappa shape index (κ1) is 12.7. The Morgan fingerprint density at radius 3 is 2.23 bits per heavy atom. The Labute approximate surface area is 98.1 Å². The van der Waals surface area contributed by atoms with Gasteiger partial charge in [-0.3, -0.25) is 0 Å². The first-order valence-corrected chi connectivity index (χ1v) is 4.55. The summed E-state index contributed by atoms with van der Waals surface area (Å²) in [5.41, 5.74) is 5.06. The van der Waals surface area contributed by atoms with Crippen LogP contribution in [0, 0.1) is 0 Å². The van der Waals surface area contributed by atoms with Crippen molar-refractivity contribution in [2.75, 3.05) is 5.73 Å². The molecule has 1 aromatic carbocycles. The molecule has 0 heterocycles. The van der Waals surface area contributed by atoms with Crippen molar-refractivity contribution in [1.29, 1.82) is 0 Å². The van der Waals surface area contributed by atoms with E-state index in [1.54, 1.807) is 0 Å². The van der Waals surface area contributed by atoms with Gasteiger partial charge in [0.15, 0.2) is 0 Å². The molecule has 0 bridgehead atoms. The maximum absolute atomic E-state index is 10.7. The smallest absolute Gasteiger partial charge is 0.871 e. The Hall–Kier alpha value is -0.270. The molecule has 0 saturated heterocycles.